The number of hydrogen-bond donors (Lipinski definition) is 2. The Balaban J connectivity index is 1.83. The molecular weight excluding hydrogens is 252 g/mol. The Hall–Kier alpha value is -1.55. The standard InChI is InChI=1S/C16H24N2O2/c1-12-7-6-10-14(17)16(12)18-15(19)11-20-13-8-4-2-3-5-9-13/h6-7,10,13H,2-5,8-9,11,17H2,1H3,(H,18,19). The highest BCUT2D eigenvalue weighted by Gasteiger charge is 2.15. The quantitative estimate of drug-likeness (QED) is 0.655. The topological polar surface area (TPSA) is 64.3 Å². The summed E-state index contributed by atoms with van der Waals surface area (Å²) >= 11 is 0. The summed E-state index contributed by atoms with van der Waals surface area (Å²) in [5.74, 6) is -0.129. The number of ether oxygens (including phenoxy) is 1. The second kappa shape index (κ2) is 7.29. The van der Waals surface area contributed by atoms with Crippen LogP contribution in [0.2, 0.25) is 0 Å². The summed E-state index contributed by atoms with van der Waals surface area (Å²) in [5, 5.41) is 2.84. The van der Waals surface area contributed by atoms with E-state index in [0.717, 1.165) is 18.4 Å². The molecule has 1 aliphatic rings. The van der Waals surface area contributed by atoms with Crippen molar-refractivity contribution in [3.05, 3.63) is 23.8 Å². The van der Waals surface area contributed by atoms with Gasteiger partial charge in [0, 0.05) is 0 Å². The third kappa shape index (κ3) is 4.23. The smallest absolute Gasteiger partial charge is 0.250 e. The van der Waals surface area contributed by atoms with E-state index in [2.05, 4.69) is 5.32 Å². The lowest BCUT2D eigenvalue weighted by Gasteiger charge is -2.16. The number of amides is 1. The summed E-state index contributed by atoms with van der Waals surface area (Å²) in [6.07, 6.45) is 7.35. The van der Waals surface area contributed by atoms with Crippen LogP contribution in [0.5, 0.6) is 0 Å². The van der Waals surface area contributed by atoms with Gasteiger partial charge in [0.05, 0.1) is 17.5 Å². The van der Waals surface area contributed by atoms with Gasteiger partial charge in [0.25, 0.3) is 0 Å². The second-order valence-electron chi connectivity index (χ2n) is 5.51. The van der Waals surface area contributed by atoms with E-state index in [1.807, 2.05) is 19.1 Å². The monoisotopic (exact) mass is 276 g/mol. The summed E-state index contributed by atoms with van der Waals surface area (Å²) in [6.45, 7) is 2.04. The van der Waals surface area contributed by atoms with Gasteiger partial charge >= 0.3 is 0 Å². The normalized spacial score (nSPS) is 16.6. The summed E-state index contributed by atoms with van der Waals surface area (Å²) in [5.41, 5.74) is 8.13. The molecule has 0 spiro atoms. The molecule has 0 unspecified atom stereocenters. The van der Waals surface area contributed by atoms with Gasteiger partial charge < -0.3 is 15.8 Å². The Labute approximate surface area is 120 Å². The number of benzene rings is 1. The van der Waals surface area contributed by atoms with Gasteiger partial charge in [-0.1, -0.05) is 37.8 Å². The van der Waals surface area contributed by atoms with Crippen molar-refractivity contribution in [3.8, 4) is 0 Å². The highest BCUT2D eigenvalue weighted by Crippen LogP contribution is 2.23. The summed E-state index contributed by atoms with van der Waals surface area (Å²) in [6, 6.07) is 5.59. The van der Waals surface area contributed by atoms with Gasteiger partial charge in [-0.25, -0.2) is 0 Å². The second-order valence-corrected chi connectivity index (χ2v) is 5.51. The first-order valence-corrected chi connectivity index (χ1v) is 7.43. The van der Waals surface area contributed by atoms with Crippen LogP contribution in [0.15, 0.2) is 18.2 Å². The van der Waals surface area contributed by atoms with Crippen molar-refractivity contribution in [3.63, 3.8) is 0 Å². The van der Waals surface area contributed by atoms with Gasteiger partial charge in [-0.2, -0.15) is 0 Å². The molecule has 1 fully saturated rings. The van der Waals surface area contributed by atoms with E-state index in [-0.39, 0.29) is 18.6 Å². The van der Waals surface area contributed by atoms with Gasteiger partial charge in [0.2, 0.25) is 5.91 Å². The molecule has 1 aromatic rings. The first-order valence-electron chi connectivity index (χ1n) is 7.43. The van der Waals surface area contributed by atoms with Crippen molar-refractivity contribution < 1.29 is 9.53 Å². The predicted molar refractivity (Wildman–Crippen MR) is 81.7 cm³/mol. The van der Waals surface area contributed by atoms with Crippen LogP contribution in [0, 0.1) is 6.92 Å². The largest absolute Gasteiger partial charge is 0.397 e. The van der Waals surface area contributed by atoms with Crippen molar-refractivity contribution in [2.75, 3.05) is 17.7 Å². The van der Waals surface area contributed by atoms with Crippen molar-refractivity contribution in [1.29, 1.82) is 0 Å². The lowest BCUT2D eigenvalue weighted by atomic mass is 10.1. The molecule has 0 atom stereocenters. The summed E-state index contributed by atoms with van der Waals surface area (Å²) in [7, 11) is 0. The number of anilines is 2. The van der Waals surface area contributed by atoms with Crippen molar-refractivity contribution in [2.24, 2.45) is 0 Å². The van der Waals surface area contributed by atoms with Gasteiger partial charge in [-0.15, -0.1) is 0 Å². The Kier molecular flexibility index (Phi) is 5.41. The Morgan fingerprint density at radius 3 is 2.65 bits per heavy atom. The highest BCUT2D eigenvalue weighted by atomic mass is 16.5. The molecule has 1 aliphatic carbocycles. The molecule has 2 rings (SSSR count). The molecule has 20 heavy (non-hydrogen) atoms. The lowest BCUT2D eigenvalue weighted by Crippen LogP contribution is -2.23. The summed E-state index contributed by atoms with van der Waals surface area (Å²) in [4.78, 5) is 12.0. The minimum Gasteiger partial charge on any atom is -0.397 e. The molecule has 0 aliphatic heterocycles. The molecule has 0 bridgehead atoms. The third-order valence-electron chi connectivity index (χ3n) is 3.82. The number of aryl methyl sites for hydroxylation is 1. The van der Waals surface area contributed by atoms with E-state index in [1.54, 1.807) is 6.07 Å². The van der Waals surface area contributed by atoms with Crippen LogP contribution in [0.1, 0.15) is 44.1 Å². The van der Waals surface area contributed by atoms with Gasteiger partial charge in [-0.05, 0) is 31.4 Å². The molecule has 0 radical (unpaired) electrons. The van der Waals surface area contributed by atoms with Crippen LogP contribution < -0.4 is 11.1 Å². The molecule has 0 aromatic heterocycles. The lowest BCUT2D eigenvalue weighted by molar-refractivity contribution is -0.122. The fourth-order valence-corrected chi connectivity index (χ4v) is 2.64. The van der Waals surface area contributed by atoms with E-state index >= 15 is 0 Å². The average Bonchev–Trinajstić information content (AvgIpc) is 2.69. The van der Waals surface area contributed by atoms with Crippen molar-refractivity contribution in [1.82, 2.24) is 0 Å². The number of nitrogen functional groups attached to an aromatic ring is 1. The number of carbonyl (C=O) groups excluding carboxylic acids is 1. The van der Waals surface area contributed by atoms with E-state index < -0.39 is 0 Å². The first kappa shape index (κ1) is 14.9. The van der Waals surface area contributed by atoms with Crippen LogP contribution in [-0.2, 0) is 9.53 Å². The maximum atomic E-state index is 12.0. The number of carbonyl (C=O) groups is 1. The Morgan fingerprint density at radius 2 is 2.00 bits per heavy atom. The zero-order valence-electron chi connectivity index (χ0n) is 12.2. The predicted octanol–water partition coefficient (Wildman–Crippen LogP) is 3.26. The van der Waals surface area contributed by atoms with E-state index in [4.69, 9.17) is 10.5 Å². The third-order valence-corrected chi connectivity index (χ3v) is 3.82. The zero-order chi connectivity index (χ0) is 14.4. The van der Waals surface area contributed by atoms with Crippen LogP contribution >= 0.6 is 0 Å². The van der Waals surface area contributed by atoms with Crippen LogP contribution in [0.25, 0.3) is 0 Å². The minimum atomic E-state index is -0.129. The van der Waals surface area contributed by atoms with Crippen LogP contribution in [0.3, 0.4) is 0 Å². The molecule has 1 amide bonds. The Bertz CT molecular complexity index is 432. The average molecular weight is 276 g/mol. The molecule has 110 valence electrons. The zero-order valence-corrected chi connectivity index (χ0v) is 12.2. The van der Waals surface area contributed by atoms with E-state index in [0.29, 0.717) is 11.4 Å². The van der Waals surface area contributed by atoms with E-state index in [9.17, 15) is 4.79 Å². The van der Waals surface area contributed by atoms with Gasteiger partial charge in [-0.3, -0.25) is 4.79 Å². The van der Waals surface area contributed by atoms with Crippen LogP contribution in [0.4, 0.5) is 11.4 Å². The number of nitrogens with one attached hydrogen (secondary N) is 1. The molecule has 1 saturated carbocycles. The molecule has 0 saturated heterocycles. The van der Waals surface area contributed by atoms with E-state index in [1.165, 1.54) is 25.7 Å². The first-order chi connectivity index (χ1) is 9.66. The maximum absolute atomic E-state index is 12.0. The molecule has 4 heteroatoms. The van der Waals surface area contributed by atoms with Crippen molar-refractivity contribution >= 4 is 17.3 Å². The SMILES string of the molecule is Cc1cccc(N)c1NC(=O)COC1CCCCCC1. The number of para-hydroxylation sites is 1. The number of rotatable bonds is 4. The van der Waals surface area contributed by atoms with Gasteiger partial charge in [0.15, 0.2) is 0 Å². The molecular formula is C16H24N2O2. The molecule has 0 heterocycles. The molecule has 1 aromatic carbocycles. The molecule has 3 N–H and O–H groups in total. The highest BCUT2D eigenvalue weighted by molar-refractivity contribution is 5.95. The molecule has 4 nitrogen and oxygen atoms in total. The summed E-state index contributed by atoms with van der Waals surface area (Å²) < 4.78 is 5.72. The number of hydrogen-bond acceptors (Lipinski definition) is 3. The minimum absolute atomic E-state index is 0.110. The maximum Gasteiger partial charge on any atom is 0.250 e. The van der Waals surface area contributed by atoms with Crippen LogP contribution in [-0.4, -0.2) is 18.6 Å². The number of nitrogens with two attached hydrogens (primary N) is 1. The fraction of sp³-hybridized carbons (Fsp3) is 0.562. The fourth-order valence-electron chi connectivity index (χ4n) is 2.64. The Morgan fingerprint density at radius 1 is 1.30 bits per heavy atom. The van der Waals surface area contributed by atoms with Crippen molar-refractivity contribution in [2.45, 2.75) is 51.6 Å². The van der Waals surface area contributed by atoms with Gasteiger partial charge in [0.1, 0.15) is 6.61 Å².